The molecule has 2 amide bonds. The van der Waals surface area contributed by atoms with Gasteiger partial charge in [-0.1, -0.05) is 42.5 Å². The van der Waals surface area contributed by atoms with Crippen LogP contribution in [0.4, 0.5) is 4.39 Å². The Morgan fingerprint density at radius 2 is 1.63 bits per heavy atom. The molecule has 10 nitrogen and oxygen atoms in total. The molecule has 1 aliphatic heterocycles. The first kappa shape index (κ1) is 35.0. The zero-order valence-electron chi connectivity index (χ0n) is 26.3. The summed E-state index contributed by atoms with van der Waals surface area (Å²) >= 11 is 0. The fourth-order valence-electron chi connectivity index (χ4n) is 4.93. The first-order chi connectivity index (χ1) is 22.1. The molecule has 1 heterocycles. The molecule has 0 saturated carbocycles. The molecule has 0 unspecified atom stereocenters. The Kier molecular flexibility index (Phi) is 13.1. The largest absolute Gasteiger partial charge is 0.484 e. The monoisotopic (exact) mass is 655 g/mol. The van der Waals surface area contributed by atoms with Crippen LogP contribution in [-0.2, 0) is 42.1 Å². The molecular formula is C34H42FN3O7S. The molecule has 1 saturated heterocycles. The first-order valence-corrected chi connectivity index (χ1v) is 16.9. The molecule has 0 radical (unpaired) electrons. The maximum Gasteiger partial charge on any atom is 0.261 e. The predicted octanol–water partition coefficient (Wildman–Crippen LogP) is 3.80. The number of carbonyl (C=O) groups excluding carboxylic acids is 2. The Labute approximate surface area is 270 Å². The van der Waals surface area contributed by atoms with Crippen molar-refractivity contribution in [3.8, 4) is 5.75 Å². The number of halogens is 1. The molecule has 1 fully saturated rings. The van der Waals surface area contributed by atoms with Gasteiger partial charge in [-0.25, -0.2) is 12.8 Å². The lowest BCUT2D eigenvalue weighted by atomic mass is 10.0. The fraction of sp³-hybridized carbons (Fsp3) is 0.412. The first-order valence-electron chi connectivity index (χ1n) is 15.4. The van der Waals surface area contributed by atoms with Crippen molar-refractivity contribution in [2.75, 3.05) is 46.1 Å². The number of nitrogens with zero attached hydrogens (tertiary/aromatic N) is 2. The third-order valence-corrected chi connectivity index (χ3v) is 9.32. The minimum atomic E-state index is -3.68. The second-order valence-electron chi connectivity index (χ2n) is 11.2. The molecule has 1 aliphatic rings. The van der Waals surface area contributed by atoms with Gasteiger partial charge < -0.3 is 24.4 Å². The highest BCUT2D eigenvalue weighted by Crippen LogP contribution is 2.21. The van der Waals surface area contributed by atoms with E-state index in [2.05, 4.69) is 5.32 Å². The Morgan fingerprint density at radius 1 is 0.957 bits per heavy atom. The number of ether oxygens (including phenoxy) is 3. The highest BCUT2D eigenvalue weighted by atomic mass is 32.2. The van der Waals surface area contributed by atoms with Crippen LogP contribution in [0.5, 0.6) is 5.75 Å². The summed E-state index contributed by atoms with van der Waals surface area (Å²) in [6.45, 7) is 5.61. The second-order valence-corrected chi connectivity index (χ2v) is 13.1. The van der Waals surface area contributed by atoms with Crippen LogP contribution in [0.3, 0.4) is 0 Å². The van der Waals surface area contributed by atoms with Gasteiger partial charge >= 0.3 is 0 Å². The van der Waals surface area contributed by atoms with Gasteiger partial charge in [0.15, 0.2) is 6.61 Å². The normalized spacial score (nSPS) is 14.5. The average Bonchev–Trinajstić information content (AvgIpc) is 3.06. The van der Waals surface area contributed by atoms with E-state index in [0.29, 0.717) is 44.1 Å². The van der Waals surface area contributed by atoms with E-state index in [4.69, 9.17) is 14.2 Å². The standard InChI is InChI=1S/C34H42FN3O7S/c1-26(2)44-20-6-17-36-34(40)32(23-27-7-4-3-5-8-27)38(24-28-9-11-29(35)12-10-28)33(39)25-45-30-13-15-31(16-14-30)46(41,42)37-18-21-43-22-19-37/h3-5,7-16,26,32H,6,17-25H2,1-2H3,(H,36,40)/t32-/m1/s1. The maximum absolute atomic E-state index is 13.8. The average molecular weight is 656 g/mol. The molecule has 0 bridgehead atoms. The van der Waals surface area contributed by atoms with Crippen molar-refractivity contribution >= 4 is 21.8 Å². The summed E-state index contributed by atoms with van der Waals surface area (Å²) in [4.78, 5) is 29.0. The molecule has 248 valence electrons. The molecule has 0 spiro atoms. The van der Waals surface area contributed by atoms with Gasteiger partial charge in [0.05, 0.1) is 24.2 Å². The van der Waals surface area contributed by atoms with Crippen LogP contribution in [0.15, 0.2) is 83.8 Å². The topological polar surface area (TPSA) is 114 Å². The zero-order chi connectivity index (χ0) is 32.9. The highest BCUT2D eigenvalue weighted by molar-refractivity contribution is 7.89. The van der Waals surface area contributed by atoms with Gasteiger partial charge in [0.25, 0.3) is 5.91 Å². The van der Waals surface area contributed by atoms with E-state index in [1.165, 1.54) is 45.6 Å². The molecule has 3 aromatic rings. The lowest BCUT2D eigenvalue weighted by Crippen LogP contribution is -2.52. The van der Waals surface area contributed by atoms with E-state index in [1.54, 1.807) is 12.1 Å². The van der Waals surface area contributed by atoms with Gasteiger partial charge in [0, 0.05) is 39.2 Å². The molecule has 3 aromatic carbocycles. The summed E-state index contributed by atoms with van der Waals surface area (Å²) in [5, 5.41) is 2.95. The van der Waals surface area contributed by atoms with Gasteiger partial charge in [-0.3, -0.25) is 9.59 Å². The molecule has 1 atom stereocenters. The Balaban J connectivity index is 1.51. The smallest absolute Gasteiger partial charge is 0.261 e. The van der Waals surface area contributed by atoms with E-state index in [1.807, 2.05) is 44.2 Å². The molecule has 1 N–H and O–H groups in total. The minimum absolute atomic E-state index is 0.0422. The Bertz CT molecular complexity index is 1500. The summed E-state index contributed by atoms with van der Waals surface area (Å²) in [5.41, 5.74) is 1.50. The van der Waals surface area contributed by atoms with E-state index in [-0.39, 0.29) is 43.0 Å². The van der Waals surface area contributed by atoms with E-state index in [9.17, 15) is 22.4 Å². The molecule has 0 aliphatic carbocycles. The summed E-state index contributed by atoms with van der Waals surface area (Å²) < 4.78 is 57.7. The van der Waals surface area contributed by atoms with Crippen molar-refractivity contribution in [3.63, 3.8) is 0 Å². The number of amides is 2. The Morgan fingerprint density at radius 3 is 2.28 bits per heavy atom. The van der Waals surface area contributed by atoms with Crippen molar-refractivity contribution in [1.82, 2.24) is 14.5 Å². The van der Waals surface area contributed by atoms with Crippen LogP contribution >= 0.6 is 0 Å². The number of rotatable bonds is 16. The van der Waals surface area contributed by atoms with Crippen molar-refractivity contribution in [2.24, 2.45) is 0 Å². The third-order valence-electron chi connectivity index (χ3n) is 7.40. The van der Waals surface area contributed by atoms with Crippen LogP contribution in [0.1, 0.15) is 31.4 Å². The number of sulfonamides is 1. The van der Waals surface area contributed by atoms with Crippen LogP contribution in [-0.4, -0.2) is 87.6 Å². The van der Waals surface area contributed by atoms with Crippen molar-refractivity contribution in [3.05, 3.63) is 95.8 Å². The number of morpholine rings is 1. The van der Waals surface area contributed by atoms with Gasteiger partial charge in [-0.15, -0.1) is 0 Å². The summed E-state index contributed by atoms with van der Waals surface area (Å²) in [7, 11) is -3.68. The summed E-state index contributed by atoms with van der Waals surface area (Å²) in [5.74, 6) is -0.911. The lowest BCUT2D eigenvalue weighted by Gasteiger charge is -2.31. The predicted molar refractivity (Wildman–Crippen MR) is 171 cm³/mol. The minimum Gasteiger partial charge on any atom is -0.484 e. The molecule has 12 heteroatoms. The van der Waals surface area contributed by atoms with E-state index < -0.39 is 34.4 Å². The SMILES string of the molecule is CC(C)OCCCNC(=O)[C@@H](Cc1ccccc1)N(Cc1ccc(F)cc1)C(=O)COc1ccc(S(=O)(=O)N2CCOCC2)cc1. The number of hydrogen-bond donors (Lipinski definition) is 1. The van der Waals surface area contributed by atoms with Gasteiger partial charge in [-0.05, 0) is 67.8 Å². The van der Waals surface area contributed by atoms with Crippen LogP contribution < -0.4 is 10.1 Å². The molecule has 46 heavy (non-hydrogen) atoms. The fourth-order valence-corrected chi connectivity index (χ4v) is 6.34. The molecule has 0 aromatic heterocycles. The van der Waals surface area contributed by atoms with Crippen LogP contribution in [0.2, 0.25) is 0 Å². The van der Waals surface area contributed by atoms with Crippen molar-refractivity contribution in [2.45, 2.75) is 50.3 Å². The molecular weight excluding hydrogens is 613 g/mol. The van der Waals surface area contributed by atoms with Crippen LogP contribution in [0, 0.1) is 5.82 Å². The quantitative estimate of drug-likeness (QED) is 0.234. The lowest BCUT2D eigenvalue weighted by molar-refractivity contribution is -0.142. The summed E-state index contributed by atoms with van der Waals surface area (Å²) in [6, 6.07) is 20.1. The van der Waals surface area contributed by atoms with E-state index in [0.717, 1.165) is 5.56 Å². The highest BCUT2D eigenvalue weighted by Gasteiger charge is 2.31. The number of nitrogens with one attached hydrogen (secondary N) is 1. The van der Waals surface area contributed by atoms with Gasteiger partial charge in [0.1, 0.15) is 17.6 Å². The van der Waals surface area contributed by atoms with Crippen LogP contribution in [0.25, 0.3) is 0 Å². The Hall–Kier alpha value is -3.84. The van der Waals surface area contributed by atoms with Gasteiger partial charge in [0.2, 0.25) is 15.9 Å². The maximum atomic E-state index is 13.8. The third kappa shape index (κ3) is 10.3. The second kappa shape index (κ2) is 17.2. The number of carbonyl (C=O) groups is 2. The zero-order valence-corrected chi connectivity index (χ0v) is 27.1. The number of benzene rings is 3. The van der Waals surface area contributed by atoms with E-state index >= 15 is 0 Å². The summed E-state index contributed by atoms with van der Waals surface area (Å²) in [6.07, 6.45) is 0.931. The number of hydrogen-bond acceptors (Lipinski definition) is 7. The molecule has 4 rings (SSSR count). The van der Waals surface area contributed by atoms with Gasteiger partial charge in [-0.2, -0.15) is 4.31 Å². The van der Waals surface area contributed by atoms with Crippen molar-refractivity contribution < 1.29 is 36.6 Å². The van der Waals surface area contributed by atoms with Crippen molar-refractivity contribution in [1.29, 1.82) is 0 Å².